The van der Waals surface area contributed by atoms with E-state index in [-0.39, 0.29) is 4.92 Å². The fourth-order valence-corrected chi connectivity index (χ4v) is 3.57. The van der Waals surface area contributed by atoms with E-state index in [0.717, 1.165) is 68.2 Å². The number of hydrogen-bond acceptors (Lipinski definition) is 3. The van der Waals surface area contributed by atoms with E-state index in [4.69, 9.17) is 5.73 Å². The van der Waals surface area contributed by atoms with Crippen LogP contribution in [0, 0.1) is 10.1 Å². The van der Waals surface area contributed by atoms with Gasteiger partial charge in [0.1, 0.15) is 0 Å². The van der Waals surface area contributed by atoms with Crippen LogP contribution in [0.4, 0.5) is 0 Å². The van der Waals surface area contributed by atoms with Crippen molar-refractivity contribution in [2.75, 3.05) is 0 Å². The standard InChI is InChI=1S/C17H28N2O2/c18-16-12-8-5-4-6-10-14(16)15-11-7-2-1-3-9-13-17(15)19(20)21/h1-13,18H2/b16-14-,17-15?. The van der Waals surface area contributed by atoms with Crippen LogP contribution >= 0.6 is 0 Å². The molecule has 0 spiro atoms. The lowest BCUT2D eigenvalue weighted by molar-refractivity contribution is -0.429. The summed E-state index contributed by atoms with van der Waals surface area (Å²) in [6.45, 7) is 0. The first kappa shape index (κ1) is 16.1. The Morgan fingerprint density at radius 1 is 0.714 bits per heavy atom. The number of nitrogens with zero attached hydrogens (tertiary/aromatic N) is 1. The second kappa shape index (κ2) is 8.20. The van der Waals surface area contributed by atoms with Crippen LogP contribution in [0.3, 0.4) is 0 Å². The lowest BCUT2D eigenvalue weighted by atomic mass is 9.88. The number of nitro groups is 1. The van der Waals surface area contributed by atoms with Gasteiger partial charge >= 0.3 is 0 Å². The Balaban J connectivity index is 2.37. The summed E-state index contributed by atoms with van der Waals surface area (Å²) in [4.78, 5) is 11.4. The minimum Gasteiger partial charge on any atom is -0.402 e. The zero-order valence-electron chi connectivity index (χ0n) is 13.0. The molecule has 21 heavy (non-hydrogen) atoms. The first-order valence-electron chi connectivity index (χ1n) is 8.54. The minimum absolute atomic E-state index is 0.139. The summed E-state index contributed by atoms with van der Waals surface area (Å²) in [5.41, 5.74) is 9.78. The molecule has 0 aromatic rings. The normalized spacial score (nSPS) is 26.3. The molecule has 0 amide bonds. The smallest absolute Gasteiger partial charge is 0.249 e. The molecule has 2 rings (SSSR count). The van der Waals surface area contributed by atoms with Crippen molar-refractivity contribution in [1.82, 2.24) is 0 Å². The third-order valence-corrected chi connectivity index (χ3v) is 4.78. The van der Waals surface area contributed by atoms with E-state index in [9.17, 15) is 10.1 Å². The van der Waals surface area contributed by atoms with Crippen LogP contribution < -0.4 is 5.73 Å². The quantitative estimate of drug-likeness (QED) is 0.585. The second-order valence-corrected chi connectivity index (χ2v) is 6.37. The number of rotatable bonds is 2. The predicted molar refractivity (Wildman–Crippen MR) is 85.3 cm³/mol. The van der Waals surface area contributed by atoms with Gasteiger partial charge in [0.05, 0.1) is 4.92 Å². The maximum Gasteiger partial charge on any atom is 0.249 e. The molecule has 0 heterocycles. The number of hydrogen-bond donors (Lipinski definition) is 1. The Hall–Kier alpha value is -1.32. The van der Waals surface area contributed by atoms with Gasteiger partial charge in [0, 0.05) is 17.7 Å². The molecule has 4 nitrogen and oxygen atoms in total. The lowest BCUT2D eigenvalue weighted by Crippen LogP contribution is -2.12. The largest absolute Gasteiger partial charge is 0.402 e. The molecule has 0 aliphatic heterocycles. The first-order chi connectivity index (χ1) is 10.2. The molecular formula is C17H28N2O2. The van der Waals surface area contributed by atoms with E-state index in [0.29, 0.717) is 12.1 Å². The van der Waals surface area contributed by atoms with Crippen LogP contribution in [0.1, 0.15) is 83.5 Å². The van der Waals surface area contributed by atoms with Gasteiger partial charge in [-0.25, -0.2) is 0 Å². The SMILES string of the molecule is N/C1=C(\C2=C([N+](=O)[O-])CCCCCCC2)CCCCCC1. The van der Waals surface area contributed by atoms with Crippen LogP contribution in [-0.2, 0) is 0 Å². The highest BCUT2D eigenvalue weighted by Gasteiger charge is 2.24. The third kappa shape index (κ3) is 4.58. The Labute approximate surface area is 127 Å². The van der Waals surface area contributed by atoms with Gasteiger partial charge in [-0.3, -0.25) is 10.1 Å². The highest BCUT2D eigenvalue weighted by atomic mass is 16.6. The van der Waals surface area contributed by atoms with Gasteiger partial charge in [0.2, 0.25) is 5.70 Å². The highest BCUT2D eigenvalue weighted by Crippen LogP contribution is 2.33. The number of allylic oxidation sites excluding steroid dienone is 4. The maximum absolute atomic E-state index is 11.5. The van der Waals surface area contributed by atoms with E-state index in [2.05, 4.69) is 0 Å². The minimum atomic E-state index is -0.139. The fourth-order valence-electron chi connectivity index (χ4n) is 3.57. The molecule has 0 radical (unpaired) electrons. The van der Waals surface area contributed by atoms with Gasteiger partial charge in [-0.15, -0.1) is 0 Å². The molecule has 118 valence electrons. The summed E-state index contributed by atoms with van der Waals surface area (Å²) in [6.07, 6.45) is 13.5. The van der Waals surface area contributed by atoms with Crippen molar-refractivity contribution in [3.8, 4) is 0 Å². The summed E-state index contributed by atoms with van der Waals surface area (Å²) >= 11 is 0. The Morgan fingerprint density at radius 3 is 1.81 bits per heavy atom. The molecule has 0 unspecified atom stereocenters. The average Bonchev–Trinajstić information content (AvgIpc) is 2.55. The lowest BCUT2D eigenvalue weighted by Gasteiger charge is -2.18. The first-order valence-corrected chi connectivity index (χ1v) is 8.54. The monoisotopic (exact) mass is 292 g/mol. The van der Waals surface area contributed by atoms with Gasteiger partial charge in [0.25, 0.3) is 0 Å². The molecule has 2 aliphatic rings. The number of nitrogens with two attached hydrogens (primary N) is 1. The van der Waals surface area contributed by atoms with Crippen molar-refractivity contribution in [2.24, 2.45) is 5.73 Å². The topological polar surface area (TPSA) is 69.2 Å². The van der Waals surface area contributed by atoms with Crippen LogP contribution in [0.5, 0.6) is 0 Å². The van der Waals surface area contributed by atoms with E-state index in [1.807, 2.05) is 0 Å². The summed E-state index contributed by atoms with van der Waals surface area (Å²) in [7, 11) is 0. The van der Waals surface area contributed by atoms with Crippen LogP contribution in [0.15, 0.2) is 22.5 Å². The van der Waals surface area contributed by atoms with E-state index in [1.165, 1.54) is 25.7 Å². The highest BCUT2D eigenvalue weighted by molar-refractivity contribution is 5.36. The zero-order chi connectivity index (χ0) is 15.1. The molecule has 0 aromatic carbocycles. The molecule has 0 saturated carbocycles. The van der Waals surface area contributed by atoms with E-state index >= 15 is 0 Å². The summed E-state index contributed by atoms with van der Waals surface area (Å²) in [5, 5.41) is 11.5. The Bertz CT molecular complexity index is 438. The summed E-state index contributed by atoms with van der Waals surface area (Å²) in [6, 6.07) is 0. The van der Waals surface area contributed by atoms with Crippen LogP contribution in [-0.4, -0.2) is 4.92 Å². The van der Waals surface area contributed by atoms with Crippen molar-refractivity contribution in [3.63, 3.8) is 0 Å². The average molecular weight is 292 g/mol. The van der Waals surface area contributed by atoms with Crippen LogP contribution in [0.25, 0.3) is 0 Å². The van der Waals surface area contributed by atoms with Gasteiger partial charge in [-0.2, -0.15) is 0 Å². The molecule has 2 N–H and O–H groups in total. The van der Waals surface area contributed by atoms with Gasteiger partial charge in [-0.05, 0) is 50.5 Å². The molecule has 0 fully saturated rings. The molecule has 2 aliphatic carbocycles. The van der Waals surface area contributed by atoms with Crippen molar-refractivity contribution in [1.29, 1.82) is 0 Å². The van der Waals surface area contributed by atoms with Crippen molar-refractivity contribution in [2.45, 2.75) is 83.5 Å². The van der Waals surface area contributed by atoms with Gasteiger partial charge in [0.15, 0.2) is 0 Å². The van der Waals surface area contributed by atoms with Gasteiger partial charge < -0.3 is 5.73 Å². The van der Waals surface area contributed by atoms with Gasteiger partial charge in [-0.1, -0.05) is 32.1 Å². The van der Waals surface area contributed by atoms with Crippen molar-refractivity contribution >= 4 is 0 Å². The zero-order valence-corrected chi connectivity index (χ0v) is 13.0. The molecule has 4 heteroatoms. The molecule has 0 saturated heterocycles. The molecule has 0 bridgehead atoms. The summed E-state index contributed by atoms with van der Waals surface area (Å²) in [5.74, 6) is 0. The van der Waals surface area contributed by atoms with E-state index in [1.54, 1.807) is 0 Å². The predicted octanol–water partition coefficient (Wildman–Crippen LogP) is 4.83. The molecule has 0 atom stereocenters. The Kier molecular flexibility index (Phi) is 6.27. The van der Waals surface area contributed by atoms with Crippen LogP contribution in [0.2, 0.25) is 0 Å². The van der Waals surface area contributed by atoms with Crippen molar-refractivity contribution in [3.05, 3.63) is 32.7 Å². The fraction of sp³-hybridized carbons (Fsp3) is 0.765. The Morgan fingerprint density at radius 2 is 1.19 bits per heavy atom. The molecule has 0 aromatic heterocycles. The van der Waals surface area contributed by atoms with Crippen molar-refractivity contribution < 1.29 is 4.92 Å². The third-order valence-electron chi connectivity index (χ3n) is 4.78. The summed E-state index contributed by atoms with van der Waals surface area (Å²) < 4.78 is 0. The molecular weight excluding hydrogens is 264 g/mol. The second-order valence-electron chi connectivity index (χ2n) is 6.37. The maximum atomic E-state index is 11.5. The van der Waals surface area contributed by atoms with E-state index < -0.39 is 0 Å².